The Hall–Kier alpha value is -5.50. The van der Waals surface area contributed by atoms with E-state index in [1.54, 1.807) is 0 Å². The van der Waals surface area contributed by atoms with Crippen LogP contribution in [0, 0.1) is 0 Å². The van der Waals surface area contributed by atoms with Gasteiger partial charge in [-0.15, -0.1) is 0 Å². The van der Waals surface area contributed by atoms with Gasteiger partial charge in [0.2, 0.25) is 41.4 Å². The lowest BCUT2D eigenvalue weighted by molar-refractivity contribution is -0.237. The van der Waals surface area contributed by atoms with Gasteiger partial charge < -0.3 is 100 Å². The SMILES string of the molecule is CC(=O)N[C@H]1[C@H]2OC[C@](COCCCCC(=O)NCCCNC(=O)CCOCC(COCCC(=O)NCCCNC(=O)CCCCOC[C@@]34CO[C@@H](O3)[C@H](NC(C)=O)[C@@H](O)[C@H]4O)NC(=O)CCCCCCCCCCC(=O)OCc3ccccc3)(O2)[C@H](O)[C@@H]1O. The van der Waals surface area contributed by atoms with Crippen LogP contribution in [0.15, 0.2) is 30.3 Å². The summed E-state index contributed by atoms with van der Waals surface area (Å²) in [4.78, 5) is 98.2. The van der Waals surface area contributed by atoms with Gasteiger partial charge in [-0.3, -0.25) is 38.4 Å². The van der Waals surface area contributed by atoms with Crippen molar-refractivity contribution in [3.8, 4) is 0 Å². The molecule has 10 atom stereocenters. The van der Waals surface area contributed by atoms with Crippen molar-refractivity contribution in [2.45, 2.75) is 215 Å². The van der Waals surface area contributed by atoms with E-state index < -0.39 is 78.1 Å². The Morgan fingerprint density at radius 1 is 0.489 bits per heavy atom. The first-order valence-corrected chi connectivity index (χ1v) is 32.1. The molecule has 0 saturated carbocycles. The first kappa shape index (κ1) is 75.2. The highest BCUT2D eigenvalue weighted by Crippen LogP contribution is 2.38. The highest BCUT2D eigenvalue weighted by Gasteiger charge is 2.61. The molecule has 0 aromatic heterocycles. The largest absolute Gasteiger partial charge is 0.461 e. The Balaban J connectivity index is 0.880. The average Bonchev–Trinajstić information content (AvgIpc) is 1.64. The molecule has 0 radical (unpaired) electrons. The van der Waals surface area contributed by atoms with Crippen molar-refractivity contribution in [1.82, 2.24) is 37.2 Å². The van der Waals surface area contributed by atoms with Crippen LogP contribution in [0.25, 0.3) is 0 Å². The van der Waals surface area contributed by atoms with Crippen LogP contribution >= 0.6 is 0 Å². The maximum Gasteiger partial charge on any atom is 0.306 e. The van der Waals surface area contributed by atoms with Gasteiger partial charge in [-0.2, -0.15) is 0 Å². The number of unbranched alkanes of at least 4 members (excludes halogenated alkanes) is 9. The number of aliphatic hydroxyl groups excluding tert-OH is 4. The van der Waals surface area contributed by atoms with Crippen LogP contribution in [0.4, 0.5) is 0 Å². The van der Waals surface area contributed by atoms with Crippen LogP contribution < -0.4 is 37.2 Å². The van der Waals surface area contributed by atoms with E-state index in [0.29, 0.717) is 84.0 Å². The second-order valence-corrected chi connectivity index (χ2v) is 23.6. The standard InChI is InChI=1S/C62H101N7O21/c1-43(70)67-53-55(78)57(80)61(41-87-59(53)89-61)39-84-32-16-14-22-47(72)63-28-18-30-65-49(74)26-34-82-37-46(69-51(76)24-12-7-5-3-4-6-8-13-25-52(77)86-36-45-20-10-9-11-21-45)38-83-35-27-50(75)66-31-19-29-64-48(73)23-15-17-33-85-40-62-42-88-60(90-62)54(68-44(2)71)56(79)58(62)81/h9-11,20-21,46,53-60,78-81H,3-8,12-19,22-42H2,1-2H3,(H,63,72)(H,64,73)(H,65,74)(H,66,75)(H,67,70)(H,68,71)(H,69,76)/t53-,54-,55-,56-,57-,58-,59+,60+,61+,62+/m1/s1. The molecule has 1 aromatic rings. The first-order chi connectivity index (χ1) is 43.4. The van der Waals surface area contributed by atoms with Crippen LogP contribution in [0.2, 0.25) is 0 Å². The third-order valence-electron chi connectivity index (χ3n) is 15.8. The van der Waals surface area contributed by atoms with Crippen molar-refractivity contribution in [1.29, 1.82) is 0 Å². The second kappa shape index (κ2) is 41.9. The first-order valence-electron chi connectivity index (χ1n) is 32.1. The van der Waals surface area contributed by atoms with E-state index in [4.69, 9.17) is 42.6 Å². The molecular formula is C62H101N7O21. The molecule has 4 heterocycles. The van der Waals surface area contributed by atoms with E-state index in [-0.39, 0.29) is 134 Å². The van der Waals surface area contributed by atoms with Crippen molar-refractivity contribution in [2.75, 3.05) is 92.2 Å². The van der Waals surface area contributed by atoms with Crippen molar-refractivity contribution in [2.24, 2.45) is 0 Å². The van der Waals surface area contributed by atoms with E-state index in [1.807, 2.05) is 30.3 Å². The molecule has 0 unspecified atom stereocenters. The van der Waals surface area contributed by atoms with E-state index in [0.717, 1.165) is 50.5 Å². The lowest BCUT2D eigenvalue weighted by Gasteiger charge is -2.42. The van der Waals surface area contributed by atoms with Crippen LogP contribution in [0.5, 0.6) is 0 Å². The maximum atomic E-state index is 13.1. The fourth-order valence-electron chi connectivity index (χ4n) is 10.7. The van der Waals surface area contributed by atoms with Gasteiger partial charge in [-0.25, -0.2) is 0 Å². The van der Waals surface area contributed by atoms with Gasteiger partial charge in [0.15, 0.2) is 12.6 Å². The zero-order valence-electron chi connectivity index (χ0n) is 52.6. The molecule has 4 aliphatic heterocycles. The summed E-state index contributed by atoms with van der Waals surface area (Å²) in [6, 6.07) is 7.24. The van der Waals surface area contributed by atoms with E-state index in [2.05, 4.69) is 37.2 Å². The minimum atomic E-state index is -1.34. The number of amides is 7. The molecule has 4 saturated heterocycles. The third-order valence-corrected chi connectivity index (χ3v) is 15.8. The van der Waals surface area contributed by atoms with Crippen molar-refractivity contribution in [3.63, 3.8) is 0 Å². The third kappa shape index (κ3) is 27.8. The summed E-state index contributed by atoms with van der Waals surface area (Å²) in [5, 5.41) is 61.9. The smallest absolute Gasteiger partial charge is 0.306 e. The van der Waals surface area contributed by atoms with Gasteiger partial charge in [-0.1, -0.05) is 68.9 Å². The summed E-state index contributed by atoms with van der Waals surface area (Å²) >= 11 is 0. The second-order valence-electron chi connectivity index (χ2n) is 23.6. The van der Waals surface area contributed by atoms with E-state index in [9.17, 15) is 58.8 Å². The molecule has 7 amide bonds. The van der Waals surface area contributed by atoms with Crippen LogP contribution in [-0.4, -0.2) is 226 Å². The molecule has 28 heteroatoms. The predicted octanol–water partition coefficient (Wildman–Crippen LogP) is 0.251. The lowest BCUT2D eigenvalue weighted by atomic mass is 9.88. The highest BCUT2D eigenvalue weighted by atomic mass is 16.8. The number of esters is 1. The Morgan fingerprint density at radius 2 is 0.889 bits per heavy atom. The molecule has 5 rings (SSSR count). The molecule has 510 valence electrons. The lowest BCUT2D eigenvalue weighted by Crippen LogP contribution is -2.66. The van der Waals surface area contributed by atoms with E-state index >= 15 is 0 Å². The average molecular weight is 1280 g/mol. The van der Waals surface area contributed by atoms with E-state index in [1.165, 1.54) is 13.8 Å². The zero-order chi connectivity index (χ0) is 65.0. The summed E-state index contributed by atoms with van der Waals surface area (Å²) in [5.74, 6) is -1.91. The fraction of sp³-hybridized carbons (Fsp3) is 0.774. The summed E-state index contributed by atoms with van der Waals surface area (Å²) in [7, 11) is 0. The number of nitrogens with one attached hydrogen (secondary N) is 7. The highest BCUT2D eigenvalue weighted by molar-refractivity contribution is 5.78. The van der Waals surface area contributed by atoms with Gasteiger partial charge in [0.1, 0.15) is 54.3 Å². The predicted molar refractivity (Wildman–Crippen MR) is 322 cm³/mol. The number of aliphatic hydroxyl groups is 4. The number of hydrogen-bond acceptors (Lipinski definition) is 21. The zero-order valence-corrected chi connectivity index (χ0v) is 52.6. The fourth-order valence-corrected chi connectivity index (χ4v) is 10.7. The Labute approximate surface area is 527 Å². The van der Waals surface area contributed by atoms with Crippen molar-refractivity contribution >= 4 is 47.3 Å². The Morgan fingerprint density at radius 3 is 1.33 bits per heavy atom. The molecule has 1 aromatic carbocycles. The summed E-state index contributed by atoms with van der Waals surface area (Å²) < 4.78 is 51.2. The monoisotopic (exact) mass is 1280 g/mol. The molecule has 90 heavy (non-hydrogen) atoms. The molecular weight excluding hydrogens is 1180 g/mol. The maximum absolute atomic E-state index is 13.1. The number of fused-ring (bicyclic) bond motifs is 4. The Bertz CT molecular complexity index is 2220. The minimum Gasteiger partial charge on any atom is -0.461 e. The normalized spacial score (nSPS) is 24.3. The number of hydrogen-bond donors (Lipinski definition) is 11. The number of ether oxygens (including phenoxy) is 9. The van der Waals surface area contributed by atoms with Gasteiger partial charge in [-0.05, 0) is 56.9 Å². The molecule has 28 nitrogen and oxygen atoms in total. The van der Waals surface area contributed by atoms with Gasteiger partial charge in [0, 0.05) is 91.8 Å². The Kier molecular flexibility index (Phi) is 35.0. The summed E-state index contributed by atoms with van der Waals surface area (Å²) in [6.45, 7) is 5.03. The van der Waals surface area contributed by atoms with Crippen molar-refractivity contribution in [3.05, 3.63) is 35.9 Å². The number of benzene rings is 1. The van der Waals surface area contributed by atoms with Crippen LogP contribution in [0.3, 0.4) is 0 Å². The molecule has 11 N–H and O–H groups in total. The van der Waals surface area contributed by atoms with Crippen LogP contribution in [-0.2, 0) is 87.6 Å². The topological polar surface area (TPSA) is 385 Å². The summed E-state index contributed by atoms with van der Waals surface area (Å²) in [5.41, 5.74) is -1.55. The quantitative estimate of drug-likeness (QED) is 0.0308. The van der Waals surface area contributed by atoms with Gasteiger partial charge in [0.25, 0.3) is 0 Å². The minimum absolute atomic E-state index is 0.0103. The number of carbonyl (C=O) groups excluding carboxylic acids is 8. The van der Waals surface area contributed by atoms with Gasteiger partial charge >= 0.3 is 5.97 Å². The number of rotatable bonds is 48. The van der Waals surface area contributed by atoms with Crippen LogP contribution in [0.1, 0.15) is 148 Å². The molecule has 0 spiro atoms. The molecule has 0 aliphatic carbocycles. The summed E-state index contributed by atoms with van der Waals surface area (Å²) in [6.07, 6.45) is 4.90. The molecule has 4 aliphatic rings. The molecule has 4 bridgehead atoms. The van der Waals surface area contributed by atoms with Crippen molar-refractivity contribution < 1.29 is 101 Å². The van der Waals surface area contributed by atoms with Gasteiger partial charge in [0.05, 0.1) is 58.9 Å². The molecule has 4 fully saturated rings. The number of carbonyl (C=O) groups is 8.